The topological polar surface area (TPSA) is 136 Å². The normalized spacial score (nSPS) is 25.8. The maximum atomic E-state index is 12.8. The first-order valence-corrected chi connectivity index (χ1v) is 12.0. The van der Waals surface area contributed by atoms with Gasteiger partial charge in [-0.05, 0) is 63.3 Å². The number of primary amides is 1. The lowest BCUT2D eigenvalue weighted by Crippen LogP contribution is -2.42. The minimum absolute atomic E-state index is 0.0496. The number of carbonyl (C=O) groups is 2. The van der Waals surface area contributed by atoms with E-state index >= 15 is 0 Å². The van der Waals surface area contributed by atoms with Crippen molar-refractivity contribution in [1.29, 1.82) is 0 Å². The van der Waals surface area contributed by atoms with Gasteiger partial charge in [-0.15, -0.1) is 0 Å². The van der Waals surface area contributed by atoms with Gasteiger partial charge in [-0.3, -0.25) is 9.59 Å². The van der Waals surface area contributed by atoms with E-state index in [2.05, 4.69) is 10.2 Å². The number of rotatable bonds is 6. The van der Waals surface area contributed by atoms with Gasteiger partial charge in [0.25, 0.3) is 0 Å². The zero-order valence-corrected chi connectivity index (χ0v) is 18.5. The lowest BCUT2D eigenvalue weighted by molar-refractivity contribution is -0.122. The predicted molar refractivity (Wildman–Crippen MR) is 116 cm³/mol. The number of nitrogens with zero attached hydrogens (tertiary/aromatic N) is 1. The third kappa shape index (κ3) is 4.18. The van der Waals surface area contributed by atoms with Gasteiger partial charge in [0.1, 0.15) is 5.25 Å². The molecule has 8 nitrogen and oxygen atoms in total. The molecule has 2 heterocycles. The molecule has 1 aromatic carbocycles. The fraction of sp³-hybridized carbons (Fsp3) is 0.619. The highest BCUT2D eigenvalue weighted by molar-refractivity contribution is 7.94. The van der Waals surface area contributed by atoms with Crippen LogP contribution in [0.5, 0.6) is 0 Å². The van der Waals surface area contributed by atoms with E-state index in [4.69, 9.17) is 11.5 Å². The zero-order chi connectivity index (χ0) is 22.1. The summed E-state index contributed by atoms with van der Waals surface area (Å²) in [6, 6.07) is 7.80. The summed E-state index contributed by atoms with van der Waals surface area (Å²) >= 11 is 0. The molecule has 0 bridgehead atoms. The van der Waals surface area contributed by atoms with E-state index in [-0.39, 0.29) is 37.3 Å². The first-order valence-electron chi connectivity index (χ1n) is 10.4. The summed E-state index contributed by atoms with van der Waals surface area (Å²) in [5.41, 5.74) is 13.1. The monoisotopic (exact) mass is 436 g/mol. The predicted octanol–water partition coefficient (Wildman–Crippen LogP) is 0.545. The van der Waals surface area contributed by atoms with Crippen LogP contribution in [0.3, 0.4) is 0 Å². The number of piperidine rings is 1. The summed E-state index contributed by atoms with van der Waals surface area (Å²) in [6.45, 7) is 5.37. The van der Waals surface area contributed by atoms with E-state index in [0.29, 0.717) is 0 Å². The molecule has 30 heavy (non-hydrogen) atoms. The van der Waals surface area contributed by atoms with Crippen molar-refractivity contribution < 1.29 is 18.0 Å². The quantitative estimate of drug-likeness (QED) is 0.596. The van der Waals surface area contributed by atoms with Crippen LogP contribution >= 0.6 is 0 Å². The van der Waals surface area contributed by atoms with Crippen LogP contribution in [0.15, 0.2) is 24.3 Å². The van der Waals surface area contributed by atoms with Crippen molar-refractivity contribution in [2.24, 2.45) is 23.3 Å². The Morgan fingerprint density at radius 3 is 2.27 bits per heavy atom. The molecular formula is C21H32N4O4S. The lowest BCUT2D eigenvalue weighted by Gasteiger charge is -2.32. The molecule has 2 amide bonds. The number of nitrogens with one attached hydrogen (secondary N) is 1. The standard InChI is InChI=1S/C21H32N4O4S/c1-21(2)16(12-22)11-18(30(21,28)29)20(27)24-13-14-3-5-17(6-4-14)25-9-7-15(8-10-25)19(23)26/h3-6,15-16,18H,7-13,22H2,1-2H3,(H2,23,26)(H,24,27). The van der Waals surface area contributed by atoms with E-state index < -0.39 is 25.7 Å². The van der Waals surface area contributed by atoms with Crippen molar-refractivity contribution in [3.05, 3.63) is 29.8 Å². The second kappa shape index (κ2) is 8.55. The third-order valence-corrected chi connectivity index (χ3v) is 9.79. The van der Waals surface area contributed by atoms with E-state index in [0.717, 1.165) is 37.2 Å². The Labute approximate surface area is 178 Å². The Kier molecular flexibility index (Phi) is 6.43. The Morgan fingerprint density at radius 1 is 1.17 bits per heavy atom. The van der Waals surface area contributed by atoms with Gasteiger partial charge < -0.3 is 21.7 Å². The number of carbonyl (C=O) groups excluding carboxylic acids is 2. The molecule has 0 spiro atoms. The van der Waals surface area contributed by atoms with Gasteiger partial charge in [0.05, 0.1) is 4.75 Å². The maximum Gasteiger partial charge on any atom is 0.238 e. The average molecular weight is 437 g/mol. The summed E-state index contributed by atoms with van der Waals surface area (Å²) < 4.78 is 24.5. The molecule has 2 aliphatic rings. The molecular weight excluding hydrogens is 404 g/mol. The number of hydrogen-bond donors (Lipinski definition) is 3. The average Bonchev–Trinajstić information content (AvgIpc) is 2.91. The van der Waals surface area contributed by atoms with Crippen molar-refractivity contribution in [2.75, 3.05) is 24.5 Å². The largest absolute Gasteiger partial charge is 0.371 e. The van der Waals surface area contributed by atoms with Crippen molar-refractivity contribution in [3.8, 4) is 0 Å². The molecule has 0 aromatic heterocycles. The van der Waals surface area contributed by atoms with Gasteiger partial charge in [0, 0.05) is 31.2 Å². The van der Waals surface area contributed by atoms with Crippen LogP contribution in [0.1, 0.15) is 38.7 Å². The Hall–Kier alpha value is -2.13. The lowest BCUT2D eigenvalue weighted by atomic mass is 9.91. The zero-order valence-electron chi connectivity index (χ0n) is 17.6. The van der Waals surface area contributed by atoms with Gasteiger partial charge in [-0.2, -0.15) is 0 Å². The summed E-state index contributed by atoms with van der Waals surface area (Å²) in [5.74, 6) is -0.967. The number of benzene rings is 1. The number of nitrogens with two attached hydrogens (primary N) is 2. The fourth-order valence-corrected chi connectivity index (χ4v) is 6.69. The van der Waals surface area contributed by atoms with E-state index in [1.165, 1.54) is 0 Å². The molecule has 0 saturated carbocycles. The van der Waals surface area contributed by atoms with Crippen LogP contribution in [0.2, 0.25) is 0 Å². The first kappa shape index (κ1) is 22.6. The number of hydrogen-bond acceptors (Lipinski definition) is 6. The van der Waals surface area contributed by atoms with Crippen LogP contribution in [-0.2, 0) is 26.0 Å². The van der Waals surface area contributed by atoms with Crippen molar-refractivity contribution >= 4 is 27.3 Å². The highest BCUT2D eigenvalue weighted by Crippen LogP contribution is 2.41. The summed E-state index contributed by atoms with van der Waals surface area (Å²) in [7, 11) is -3.59. The molecule has 0 radical (unpaired) electrons. The molecule has 2 aliphatic heterocycles. The molecule has 3 rings (SSSR count). The fourth-order valence-electron chi connectivity index (χ4n) is 4.45. The van der Waals surface area contributed by atoms with Crippen molar-refractivity contribution in [3.63, 3.8) is 0 Å². The van der Waals surface area contributed by atoms with E-state index in [1.807, 2.05) is 24.3 Å². The van der Waals surface area contributed by atoms with Crippen LogP contribution in [-0.4, -0.2) is 49.9 Å². The molecule has 166 valence electrons. The number of amides is 2. The van der Waals surface area contributed by atoms with Gasteiger partial charge in [0.2, 0.25) is 11.8 Å². The maximum absolute atomic E-state index is 12.8. The van der Waals surface area contributed by atoms with Crippen LogP contribution in [0.4, 0.5) is 5.69 Å². The highest BCUT2D eigenvalue weighted by atomic mass is 32.2. The van der Waals surface area contributed by atoms with Crippen LogP contribution < -0.4 is 21.7 Å². The first-order chi connectivity index (χ1) is 14.1. The Morgan fingerprint density at radius 2 is 1.77 bits per heavy atom. The van der Waals surface area contributed by atoms with Gasteiger partial charge in [-0.1, -0.05) is 12.1 Å². The minimum atomic E-state index is -3.59. The third-order valence-electron chi connectivity index (χ3n) is 6.83. The molecule has 0 aliphatic carbocycles. The molecule has 2 atom stereocenters. The van der Waals surface area contributed by atoms with E-state index in [9.17, 15) is 18.0 Å². The molecule has 9 heteroatoms. The molecule has 5 N–H and O–H groups in total. The number of sulfone groups is 1. The second-order valence-corrected chi connectivity index (χ2v) is 11.6. The molecule has 2 saturated heterocycles. The van der Waals surface area contributed by atoms with Gasteiger partial charge in [0.15, 0.2) is 9.84 Å². The van der Waals surface area contributed by atoms with Gasteiger partial charge >= 0.3 is 0 Å². The second-order valence-electron chi connectivity index (χ2n) is 8.85. The smallest absolute Gasteiger partial charge is 0.238 e. The van der Waals surface area contributed by atoms with Crippen LogP contribution in [0.25, 0.3) is 0 Å². The Bertz CT molecular complexity index is 890. The summed E-state index contributed by atoms with van der Waals surface area (Å²) in [5, 5.41) is 1.72. The Balaban J connectivity index is 1.57. The minimum Gasteiger partial charge on any atom is -0.371 e. The van der Waals surface area contributed by atoms with E-state index in [1.54, 1.807) is 13.8 Å². The van der Waals surface area contributed by atoms with Crippen molar-refractivity contribution in [1.82, 2.24) is 5.32 Å². The van der Waals surface area contributed by atoms with Gasteiger partial charge in [-0.25, -0.2) is 8.42 Å². The van der Waals surface area contributed by atoms with Crippen LogP contribution in [0, 0.1) is 11.8 Å². The number of anilines is 1. The summed E-state index contributed by atoms with van der Waals surface area (Å²) in [6.07, 6.45) is 1.77. The molecule has 1 aromatic rings. The summed E-state index contributed by atoms with van der Waals surface area (Å²) in [4.78, 5) is 26.1. The highest BCUT2D eigenvalue weighted by Gasteiger charge is 2.55. The molecule has 2 fully saturated rings. The van der Waals surface area contributed by atoms with Crippen molar-refractivity contribution in [2.45, 2.75) is 49.7 Å². The SMILES string of the molecule is CC1(C)C(CN)CC(C(=O)NCc2ccc(N3CCC(C(N)=O)CC3)cc2)S1(=O)=O. The molecule has 2 unspecified atom stereocenters.